The van der Waals surface area contributed by atoms with Gasteiger partial charge in [0.2, 0.25) is 5.91 Å². The molecule has 2 fully saturated rings. The van der Waals surface area contributed by atoms with Crippen LogP contribution in [0.5, 0.6) is 0 Å². The highest BCUT2D eigenvalue weighted by atomic mass is 16.5. The Balaban J connectivity index is 1.47. The lowest BCUT2D eigenvalue weighted by Crippen LogP contribution is -2.41. The second-order valence-corrected chi connectivity index (χ2v) is 6.82. The van der Waals surface area contributed by atoms with E-state index in [0.29, 0.717) is 37.1 Å². The molecule has 2 aliphatic rings. The number of carbonyl (C=O) groups excluding carboxylic acids is 2. The van der Waals surface area contributed by atoms with Crippen molar-refractivity contribution in [2.24, 2.45) is 0 Å². The number of nitrogens with one attached hydrogen (secondary N) is 2. The second-order valence-electron chi connectivity index (χ2n) is 6.82. The minimum absolute atomic E-state index is 0.0295. The molecule has 1 heterocycles. The van der Waals surface area contributed by atoms with Gasteiger partial charge in [-0.05, 0) is 37.1 Å². The summed E-state index contributed by atoms with van der Waals surface area (Å²) in [5, 5.41) is 5.99. The van der Waals surface area contributed by atoms with Crippen LogP contribution in [0.3, 0.4) is 0 Å². The summed E-state index contributed by atoms with van der Waals surface area (Å²) in [5.41, 5.74) is 1.35. The third kappa shape index (κ3) is 5.54. The number of hydrogen-bond donors (Lipinski definition) is 2. The number of morpholine rings is 1. The number of carbonyl (C=O) groups is 2. The predicted octanol–water partition coefficient (Wildman–Crippen LogP) is 2.02. The molecule has 3 rings (SSSR count). The number of amides is 2. The minimum Gasteiger partial charge on any atom is -0.379 e. The molecular weight excluding hydrogens is 318 g/mol. The van der Waals surface area contributed by atoms with Crippen LogP contribution < -0.4 is 10.6 Å². The van der Waals surface area contributed by atoms with Crippen LogP contribution in [0.25, 0.3) is 0 Å². The van der Waals surface area contributed by atoms with Crippen molar-refractivity contribution >= 4 is 17.5 Å². The fraction of sp³-hybridized carbons (Fsp3) is 0.579. The van der Waals surface area contributed by atoms with E-state index in [1.54, 1.807) is 24.3 Å². The summed E-state index contributed by atoms with van der Waals surface area (Å²) >= 11 is 0. The molecule has 2 N–H and O–H groups in total. The van der Waals surface area contributed by atoms with E-state index in [9.17, 15) is 9.59 Å². The van der Waals surface area contributed by atoms with Crippen LogP contribution in [0, 0.1) is 0 Å². The first-order chi connectivity index (χ1) is 12.2. The average molecular weight is 345 g/mol. The van der Waals surface area contributed by atoms with Crippen molar-refractivity contribution < 1.29 is 14.3 Å². The summed E-state index contributed by atoms with van der Waals surface area (Å²) in [6.45, 7) is 3.30. The normalized spacial score (nSPS) is 19.4. The fourth-order valence-electron chi connectivity index (χ4n) is 3.38. The van der Waals surface area contributed by atoms with E-state index in [1.165, 1.54) is 19.3 Å². The number of anilines is 1. The molecule has 136 valence electrons. The predicted molar refractivity (Wildman–Crippen MR) is 96.7 cm³/mol. The molecule has 1 aromatic rings. The van der Waals surface area contributed by atoms with Crippen molar-refractivity contribution in [3.05, 3.63) is 29.8 Å². The summed E-state index contributed by atoms with van der Waals surface area (Å²) < 4.78 is 5.28. The van der Waals surface area contributed by atoms with Gasteiger partial charge in [0.25, 0.3) is 5.91 Å². The van der Waals surface area contributed by atoms with E-state index in [-0.39, 0.29) is 11.8 Å². The van der Waals surface area contributed by atoms with Crippen molar-refractivity contribution in [3.63, 3.8) is 0 Å². The number of ether oxygens (including phenoxy) is 1. The zero-order valence-corrected chi connectivity index (χ0v) is 14.6. The molecule has 0 bridgehead atoms. The molecule has 1 aliphatic heterocycles. The average Bonchev–Trinajstić information content (AvgIpc) is 2.64. The number of nitrogens with zero attached hydrogens (tertiary/aromatic N) is 1. The lowest BCUT2D eigenvalue weighted by Gasteiger charge is -2.25. The largest absolute Gasteiger partial charge is 0.379 e. The summed E-state index contributed by atoms with van der Waals surface area (Å²) in [6, 6.07) is 7.40. The SMILES string of the molecule is O=C(CN1CCOCC1)Nc1ccc(C(=O)NC2CCCCC2)cc1. The molecule has 1 saturated heterocycles. The number of rotatable bonds is 5. The van der Waals surface area contributed by atoms with E-state index < -0.39 is 0 Å². The van der Waals surface area contributed by atoms with Crippen LogP contribution in [-0.4, -0.2) is 55.6 Å². The van der Waals surface area contributed by atoms with Crippen molar-refractivity contribution in [1.82, 2.24) is 10.2 Å². The molecular formula is C19H27N3O3. The Hall–Kier alpha value is -1.92. The van der Waals surface area contributed by atoms with Gasteiger partial charge in [0.05, 0.1) is 19.8 Å². The monoisotopic (exact) mass is 345 g/mol. The van der Waals surface area contributed by atoms with Crippen LogP contribution in [0.1, 0.15) is 42.5 Å². The Morgan fingerprint density at radius 2 is 1.72 bits per heavy atom. The maximum Gasteiger partial charge on any atom is 0.251 e. The van der Waals surface area contributed by atoms with Gasteiger partial charge in [-0.1, -0.05) is 19.3 Å². The summed E-state index contributed by atoms with van der Waals surface area (Å²) in [4.78, 5) is 26.5. The summed E-state index contributed by atoms with van der Waals surface area (Å²) in [7, 11) is 0. The highest BCUT2D eigenvalue weighted by Gasteiger charge is 2.17. The Morgan fingerprint density at radius 3 is 2.40 bits per heavy atom. The van der Waals surface area contributed by atoms with Gasteiger partial charge in [-0.2, -0.15) is 0 Å². The van der Waals surface area contributed by atoms with Crippen LogP contribution in [0.2, 0.25) is 0 Å². The topological polar surface area (TPSA) is 70.7 Å². The fourth-order valence-corrected chi connectivity index (χ4v) is 3.38. The molecule has 0 atom stereocenters. The molecule has 6 heteroatoms. The standard InChI is InChI=1S/C19H27N3O3/c23-18(14-22-10-12-25-13-11-22)20-17-8-6-15(7-9-17)19(24)21-16-4-2-1-3-5-16/h6-9,16H,1-5,10-14H2,(H,20,23)(H,21,24). The smallest absolute Gasteiger partial charge is 0.251 e. The van der Waals surface area contributed by atoms with Gasteiger partial charge in [-0.3, -0.25) is 14.5 Å². The van der Waals surface area contributed by atoms with Crippen LogP contribution in [0.15, 0.2) is 24.3 Å². The molecule has 0 aromatic heterocycles. The third-order valence-corrected chi connectivity index (χ3v) is 4.84. The Bertz CT molecular complexity index is 576. The molecule has 2 amide bonds. The summed E-state index contributed by atoms with van der Waals surface area (Å²) in [6.07, 6.45) is 5.80. The van der Waals surface area contributed by atoms with E-state index in [4.69, 9.17) is 4.74 Å². The van der Waals surface area contributed by atoms with Gasteiger partial charge in [0.1, 0.15) is 0 Å². The van der Waals surface area contributed by atoms with Gasteiger partial charge in [0.15, 0.2) is 0 Å². The Kier molecular flexibility index (Phi) is 6.42. The quantitative estimate of drug-likeness (QED) is 0.856. The van der Waals surface area contributed by atoms with Crippen LogP contribution in [0.4, 0.5) is 5.69 Å². The van der Waals surface area contributed by atoms with E-state index in [1.807, 2.05) is 0 Å². The van der Waals surface area contributed by atoms with E-state index in [2.05, 4.69) is 15.5 Å². The Morgan fingerprint density at radius 1 is 1.04 bits per heavy atom. The summed E-state index contributed by atoms with van der Waals surface area (Å²) in [5.74, 6) is -0.0700. The first-order valence-corrected chi connectivity index (χ1v) is 9.21. The first-order valence-electron chi connectivity index (χ1n) is 9.21. The zero-order chi connectivity index (χ0) is 17.5. The molecule has 1 aliphatic carbocycles. The zero-order valence-electron chi connectivity index (χ0n) is 14.6. The van der Waals surface area contributed by atoms with Crippen LogP contribution >= 0.6 is 0 Å². The van der Waals surface area contributed by atoms with Crippen molar-refractivity contribution in [2.45, 2.75) is 38.1 Å². The highest BCUT2D eigenvalue weighted by Crippen LogP contribution is 2.18. The number of benzene rings is 1. The van der Waals surface area contributed by atoms with Gasteiger partial charge < -0.3 is 15.4 Å². The molecule has 1 saturated carbocycles. The first kappa shape index (κ1) is 17.9. The van der Waals surface area contributed by atoms with Crippen molar-refractivity contribution in [1.29, 1.82) is 0 Å². The van der Waals surface area contributed by atoms with Crippen molar-refractivity contribution in [2.75, 3.05) is 38.2 Å². The van der Waals surface area contributed by atoms with Gasteiger partial charge in [0, 0.05) is 30.4 Å². The Labute approximate surface area is 148 Å². The molecule has 0 spiro atoms. The van der Waals surface area contributed by atoms with Crippen molar-refractivity contribution in [3.8, 4) is 0 Å². The van der Waals surface area contributed by atoms with Gasteiger partial charge >= 0.3 is 0 Å². The minimum atomic E-state index is -0.0405. The van der Waals surface area contributed by atoms with Gasteiger partial charge in [-0.25, -0.2) is 0 Å². The van der Waals surface area contributed by atoms with Crippen LogP contribution in [-0.2, 0) is 9.53 Å². The molecule has 0 radical (unpaired) electrons. The third-order valence-electron chi connectivity index (χ3n) is 4.84. The molecule has 1 aromatic carbocycles. The molecule has 6 nitrogen and oxygen atoms in total. The van der Waals surface area contributed by atoms with E-state index in [0.717, 1.165) is 25.9 Å². The lowest BCUT2D eigenvalue weighted by molar-refractivity contribution is -0.118. The highest BCUT2D eigenvalue weighted by molar-refractivity contribution is 5.96. The maximum atomic E-state index is 12.3. The molecule has 0 unspecified atom stereocenters. The number of hydrogen-bond acceptors (Lipinski definition) is 4. The van der Waals surface area contributed by atoms with E-state index >= 15 is 0 Å². The maximum absolute atomic E-state index is 12.3. The molecule has 25 heavy (non-hydrogen) atoms. The van der Waals surface area contributed by atoms with Gasteiger partial charge in [-0.15, -0.1) is 0 Å². The second kappa shape index (κ2) is 8.97. The lowest BCUT2D eigenvalue weighted by atomic mass is 9.95.